The third-order valence-electron chi connectivity index (χ3n) is 6.33. The van der Waals surface area contributed by atoms with Gasteiger partial charge in [-0.15, -0.1) is 0 Å². The number of phenols is 1. The summed E-state index contributed by atoms with van der Waals surface area (Å²) in [6.45, 7) is 7.87. The van der Waals surface area contributed by atoms with Crippen LogP contribution in [0, 0.1) is 0 Å². The number of hydrogen-bond donors (Lipinski definition) is 2. The number of benzene rings is 2. The summed E-state index contributed by atoms with van der Waals surface area (Å²) in [5.74, 6) is 0.499. The van der Waals surface area contributed by atoms with Crippen LogP contribution >= 0.6 is 0 Å². The Kier molecular flexibility index (Phi) is 5.83. The Hall–Kier alpha value is -4.40. The summed E-state index contributed by atoms with van der Waals surface area (Å²) in [6.07, 6.45) is 4.28. The van der Waals surface area contributed by atoms with Crippen LogP contribution in [0.4, 0.5) is 11.5 Å². The molecule has 0 atom stereocenters. The number of phenolic OH excluding ortho intramolecular Hbond substituents is 1. The van der Waals surface area contributed by atoms with Gasteiger partial charge in [-0.1, -0.05) is 24.8 Å². The topological polar surface area (TPSA) is 119 Å². The first-order valence-electron chi connectivity index (χ1n) is 11.8. The minimum absolute atomic E-state index is 0.00675. The molecule has 1 aliphatic rings. The fourth-order valence-electron chi connectivity index (χ4n) is 4.42. The van der Waals surface area contributed by atoms with Crippen LogP contribution in [0.2, 0.25) is 0 Å². The Labute approximate surface area is 208 Å². The molecule has 184 valence electrons. The molecule has 0 unspecified atom stereocenters. The molecule has 2 aromatic heterocycles. The Morgan fingerprint density at radius 2 is 2.00 bits per heavy atom. The molecule has 5 rings (SSSR count). The number of carbonyl (C=O) groups excluding carboxylic acids is 1. The van der Waals surface area contributed by atoms with Crippen molar-refractivity contribution >= 4 is 28.4 Å². The third-order valence-corrected chi connectivity index (χ3v) is 6.33. The largest absolute Gasteiger partial charge is 0.504 e. The van der Waals surface area contributed by atoms with Crippen LogP contribution in [0.25, 0.3) is 22.3 Å². The average molecular weight is 485 g/mol. The van der Waals surface area contributed by atoms with Crippen LogP contribution in [0.1, 0.15) is 26.7 Å². The van der Waals surface area contributed by atoms with E-state index in [0.29, 0.717) is 40.4 Å². The summed E-state index contributed by atoms with van der Waals surface area (Å²) in [4.78, 5) is 23.2. The van der Waals surface area contributed by atoms with Crippen LogP contribution in [-0.2, 0) is 10.3 Å². The van der Waals surface area contributed by atoms with Gasteiger partial charge in [-0.25, -0.2) is 14.6 Å². The van der Waals surface area contributed by atoms with E-state index in [4.69, 9.17) is 15.6 Å². The molecule has 3 N–H and O–H groups in total. The molecule has 1 fully saturated rings. The molecule has 0 spiro atoms. The normalized spacial score (nSPS) is 14.1. The summed E-state index contributed by atoms with van der Waals surface area (Å²) in [5, 5.41) is 16.1. The van der Waals surface area contributed by atoms with E-state index in [1.54, 1.807) is 17.0 Å². The highest BCUT2D eigenvalue weighted by atomic mass is 16.5. The maximum Gasteiger partial charge on any atom is 0.250 e. The highest BCUT2D eigenvalue weighted by molar-refractivity contribution is 6.01. The zero-order valence-electron chi connectivity index (χ0n) is 20.3. The predicted octanol–water partition coefficient (Wildman–Crippen LogP) is 4.28. The van der Waals surface area contributed by atoms with Crippen molar-refractivity contribution in [1.29, 1.82) is 0 Å². The van der Waals surface area contributed by atoms with Crippen molar-refractivity contribution in [1.82, 2.24) is 19.7 Å². The van der Waals surface area contributed by atoms with E-state index in [9.17, 15) is 9.90 Å². The van der Waals surface area contributed by atoms with Gasteiger partial charge in [0.1, 0.15) is 17.8 Å². The van der Waals surface area contributed by atoms with Gasteiger partial charge < -0.3 is 20.5 Å². The van der Waals surface area contributed by atoms with Gasteiger partial charge in [0.15, 0.2) is 17.1 Å². The smallest absolute Gasteiger partial charge is 0.250 e. The van der Waals surface area contributed by atoms with Gasteiger partial charge >= 0.3 is 0 Å². The van der Waals surface area contributed by atoms with Crippen LogP contribution in [0.5, 0.6) is 11.5 Å². The standard InChI is InChI=1S/C27H28N6O3/c1-4-22(35)32(19-8-6-5-7-9-19)15-27(12-13-27)33-26-23(25(28)29-16-30-26)24(31-33)18-10-11-21(20(34)14-18)36-17(2)3/h4-11,14,16-17,34H,1,12-13,15H2,2-3H3,(H2,28,29,30). The van der Waals surface area contributed by atoms with E-state index in [-0.39, 0.29) is 17.8 Å². The number of aromatic nitrogens is 4. The highest BCUT2D eigenvalue weighted by Gasteiger charge is 2.49. The molecule has 2 aromatic carbocycles. The number of carbonyl (C=O) groups is 1. The maximum atomic E-state index is 12.8. The van der Waals surface area contributed by atoms with Crippen LogP contribution in [-0.4, -0.2) is 43.4 Å². The van der Waals surface area contributed by atoms with E-state index < -0.39 is 5.54 Å². The number of hydrogen-bond acceptors (Lipinski definition) is 7. The van der Waals surface area contributed by atoms with Crippen molar-refractivity contribution in [3.63, 3.8) is 0 Å². The number of anilines is 2. The lowest BCUT2D eigenvalue weighted by atomic mass is 10.1. The Balaban J connectivity index is 1.60. The molecule has 0 saturated heterocycles. The van der Waals surface area contributed by atoms with Gasteiger partial charge in [0.05, 0.1) is 23.6 Å². The van der Waals surface area contributed by atoms with Gasteiger partial charge in [-0.3, -0.25) is 4.79 Å². The van der Waals surface area contributed by atoms with Gasteiger partial charge in [-0.2, -0.15) is 5.10 Å². The number of ether oxygens (including phenoxy) is 1. The van der Waals surface area contributed by atoms with E-state index in [1.807, 2.05) is 54.9 Å². The van der Waals surface area contributed by atoms with E-state index >= 15 is 0 Å². The Morgan fingerprint density at radius 3 is 2.64 bits per heavy atom. The van der Waals surface area contributed by atoms with Crippen LogP contribution < -0.4 is 15.4 Å². The molecule has 0 aliphatic heterocycles. The fraction of sp³-hybridized carbons (Fsp3) is 0.259. The third kappa shape index (κ3) is 4.13. The number of fused-ring (bicyclic) bond motifs is 1. The molecule has 9 heteroatoms. The summed E-state index contributed by atoms with van der Waals surface area (Å²) in [5.41, 5.74) is 8.41. The molecular weight excluding hydrogens is 456 g/mol. The second kappa shape index (κ2) is 8.99. The minimum Gasteiger partial charge on any atom is -0.504 e. The highest BCUT2D eigenvalue weighted by Crippen LogP contribution is 2.48. The quantitative estimate of drug-likeness (QED) is 0.358. The van der Waals surface area contributed by atoms with Crippen LogP contribution in [0.3, 0.4) is 0 Å². The summed E-state index contributed by atoms with van der Waals surface area (Å²) < 4.78 is 7.52. The molecule has 0 radical (unpaired) electrons. The van der Waals surface area contributed by atoms with Crippen molar-refractivity contribution in [3.8, 4) is 22.8 Å². The molecule has 1 aliphatic carbocycles. The van der Waals surface area contributed by atoms with E-state index in [2.05, 4.69) is 16.5 Å². The monoisotopic (exact) mass is 484 g/mol. The molecule has 1 saturated carbocycles. The summed E-state index contributed by atoms with van der Waals surface area (Å²) >= 11 is 0. The first-order valence-corrected chi connectivity index (χ1v) is 11.8. The van der Waals surface area contributed by atoms with Crippen molar-refractivity contribution < 1.29 is 14.6 Å². The molecule has 36 heavy (non-hydrogen) atoms. The first kappa shape index (κ1) is 23.3. The lowest BCUT2D eigenvalue weighted by Crippen LogP contribution is -2.39. The van der Waals surface area contributed by atoms with Crippen molar-refractivity contribution in [2.45, 2.75) is 38.3 Å². The zero-order chi connectivity index (χ0) is 25.4. The van der Waals surface area contributed by atoms with Crippen LogP contribution in [0.15, 0.2) is 67.5 Å². The predicted molar refractivity (Wildman–Crippen MR) is 139 cm³/mol. The number of nitrogen functional groups attached to an aromatic ring is 1. The number of nitrogens with zero attached hydrogens (tertiary/aromatic N) is 5. The first-order chi connectivity index (χ1) is 17.3. The second-order valence-electron chi connectivity index (χ2n) is 9.26. The molecule has 2 heterocycles. The van der Waals surface area contributed by atoms with Gasteiger partial charge in [0, 0.05) is 11.3 Å². The summed E-state index contributed by atoms with van der Waals surface area (Å²) in [6, 6.07) is 14.6. The molecular formula is C27H28N6O3. The number of aromatic hydroxyl groups is 1. The number of nitrogens with two attached hydrogens (primary N) is 1. The fourth-order valence-corrected chi connectivity index (χ4v) is 4.42. The van der Waals surface area contributed by atoms with E-state index in [0.717, 1.165) is 18.5 Å². The maximum absolute atomic E-state index is 12.8. The summed E-state index contributed by atoms with van der Waals surface area (Å²) in [7, 11) is 0. The molecule has 0 bridgehead atoms. The number of amides is 1. The molecule has 9 nitrogen and oxygen atoms in total. The van der Waals surface area contributed by atoms with Gasteiger partial charge in [0.25, 0.3) is 0 Å². The zero-order valence-corrected chi connectivity index (χ0v) is 20.3. The molecule has 4 aromatic rings. The second-order valence-corrected chi connectivity index (χ2v) is 9.26. The minimum atomic E-state index is -0.464. The van der Waals surface area contributed by atoms with Gasteiger partial charge in [-0.05, 0) is 63.1 Å². The van der Waals surface area contributed by atoms with E-state index in [1.165, 1.54) is 12.4 Å². The average Bonchev–Trinajstić information content (AvgIpc) is 3.54. The lowest BCUT2D eigenvalue weighted by Gasteiger charge is -2.27. The van der Waals surface area contributed by atoms with Crippen molar-refractivity contribution in [2.24, 2.45) is 0 Å². The lowest BCUT2D eigenvalue weighted by molar-refractivity contribution is -0.114. The Morgan fingerprint density at radius 1 is 1.25 bits per heavy atom. The Bertz CT molecular complexity index is 1440. The van der Waals surface area contributed by atoms with Crippen molar-refractivity contribution in [3.05, 3.63) is 67.5 Å². The number of para-hydroxylation sites is 1. The number of rotatable bonds is 8. The SMILES string of the molecule is C=CC(=O)N(CC1(n2nc(-c3ccc(OC(C)C)c(O)c3)c3c(N)ncnc32)CC1)c1ccccc1. The van der Waals surface area contributed by atoms with Crippen molar-refractivity contribution in [2.75, 3.05) is 17.2 Å². The molecule has 1 amide bonds. The van der Waals surface area contributed by atoms with Gasteiger partial charge in [0.2, 0.25) is 5.91 Å².